The van der Waals surface area contributed by atoms with Crippen LogP contribution in [0.15, 0.2) is 54.9 Å². The van der Waals surface area contributed by atoms with Crippen LogP contribution < -0.4 is 10.2 Å². The second-order valence-corrected chi connectivity index (χ2v) is 8.79. The average Bonchev–Trinajstić information content (AvgIpc) is 3.70. The first-order chi connectivity index (χ1) is 16.9. The van der Waals surface area contributed by atoms with E-state index in [2.05, 4.69) is 15.3 Å². The zero-order chi connectivity index (χ0) is 24.9. The van der Waals surface area contributed by atoms with Crippen molar-refractivity contribution in [3.8, 4) is 11.3 Å². The fourth-order valence-electron chi connectivity index (χ4n) is 3.65. The summed E-state index contributed by atoms with van der Waals surface area (Å²) >= 11 is 5.78. The molecule has 0 aliphatic heterocycles. The van der Waals surface area contributed by atoms with E-state index < -0.39 is 5.97 Å². The van der Waals surface area contributed by atoms with Gasteiger partial charge in [0.25, 0.3) is 5.91 Å². The lowest BCUT2D eigenvalue weighted by Crippen LogP contribution is -2.32. The van der Waals surface area contributed by atoms with Crippen molar-refractivity contribution in [2.24, 2.45) is 5.92 Å². The number of aromatic nitrogens is 2. The number of anilines is 1. The number of methoxy groups -OCH3 is 1. The minimum Gasteiger partial charge on any atom is -0.465 e. The Balaban J connectivity index is 1.52. The van der Waals surface area contributed by atoms with Crippen LogP contribution in [0.5, 0.6) is 0 Å². The molecular formula is C26H25ClN4O4. The summed E-state index contributed by atoms with van der Waals surface area (Å²) in [5.74, 6) is -0.476. The zero-order valence-electron chi connectivity index (χ0n) is 19.5. The summed E-state index contributed by atoms with van der Waals surface area (Å²) in [5, 5.41) is 3.21. The van der Waals surface area contributed by atoms with Gasteiger partial charge in [-0.3, -0.25) is 14.6 Å². The summed E-state index contributed by atoms with van der Waals surface area (Å²) in [5.41, 5.74) is 3.28. The third-order valence-corrected chi connectivity index (χ3v) is 6.00. The molecule has 0 saturated heterocycles. The predicted octanol–water partition coefficient (Wildman–Crippen LogP) is 4.28. The lowest BCUT2D eigenvalue weighted by Gasteiger charge is -2.23. The topological polar surface area (TPSA) is 101 Å². The molecule has 1 fully saturated rings. The highest BCUT2D eigenvalue weighted by Gasteiger charge is 2.29. The number of hydrogen-bond acceptors (Lipinski definition) is 6. The van der Waals surface area contributed by atoms with Gasteiger partial charge in [0.2, 0.25) is 5.91 Å². The van der Waals surface area contributed by atoms with Crippen LogP contribution in [0.2, 0.25) is 5.15 Å². The van der Waals surface area contributed by atoms with Gasteiger partial charge in [-0.05, 0) is 54.7 Å². The molecule has 0 bridgehead atoms. The van der Waals surface area contributed by atoms with Crippen LogP contribution in [0, 0.1) is 5.92 Å². The maximum absolute atomic E-state index is 12.6. The molecule has 9 heteroatoms. The average molecular weight is 493 g/mol. The molecule has 3 aromatic rings. The number of hydrogen-bond donors (Lipinski definition) is 1. The molecule has 0 radical (unpaired) electrons. The lowest BCUT2D eigenvalue weighted by atomic mass is 10.0. The maximum atomic E-state index is 12.6. The van der Waals surface area contributed by atoms with Gasteiger partial charge in [0.15, 0.2) is 0 Å². The van der Waals surface area contributed by atoms with E-state index in [1.165, 1.54) is 20.2 Å². The summed E-state index contributed by atoms with van der Waals surface area (Å²) in [6.45, 7) is 2.38. The van der Waals surface area contributed by atoms with E-state index in [-0.39, 0.29) is 11.8 Å². The van der Waals surface area contributed by atoms with E-state index in [1.807, 2.05) is 0 Å². The second-order valence-electron chi connectivity index (χ2n) is 8.40. The molecule has 0 atom stereocenters. The van der Waals surface area contributed by atoms with Crippen molar-refractivity contribution in [2.45, 2.75) is 26.3 Å². The van der Waals surface area contributed by atoms with Crippen molar-refractivity contribution >= 4 is 35.1 Å². The fraction of sp³-hybridized carbons (Fsp3) is 0.269. The Morgan fingerprint density at radius 1 is 1.09 bits per heavy atom. The molecule has 8 nitrogen and oxygen atoms in total. The van der Waals surface area contributed by atoms with E-state index in [1.54, 1.807) is 53.6 Å². The Labute approximate surface area is 208 Å². The first kappa shape index (κ1) is 24.3. The predicted molar refractivity (Wildman–Crippen MR) is 132 cm³/mol. The molecule has 2 aromatic heterocycles. The van der Waals surface area contributed by atoms with E-state index in [4.69, 9.17) is 16.3 Å². The van der Waals surface area contributed by atoms with Gasteiger partial charge in [-0.15, -0.1) is 0 Å². The normalized spacial score (nSPS) is 12.7. The number of esters is 1. The number of ether oxygens (including phenoxy) is 1. The van der Waals surface area contributed by atoms with Crippen molar-refractivity contribution in [3.05, 3.63) is 76.7 Å². The number of nitrogens with zero attached hydrogens (tertiary/aromatic N) is 3. The smallest absolute Gasteiger partial charge is 0.340 e. The number of amides is 2. The summed E-state index contributed by atoms with van der Waals surface area (Å²) in [4.78, 5) is 47.4. The number of rotatable bonds is 8. The molecule has 1 aliphatic rings. The van der Waals surface area contributed by atoms with Crippen molar-refractivity contribution in [1.29, 1.82) is 0 Å². The molecule has 1 aromatic carbocycles. The highest BCUT2D eigenvalue weighted by molar-refractivity contribution is 6.29. The molecule has 0 unspecified atom stereocenters. The van der Waals surface area contributed by atoms with E-state index in [0.717, 1.165) is 18.4 Å². The highest BCUT2D eigenvalue weighted by atomic mass is 35.5. The number of halogens is 1. The van der Waals surface area contributed by atoms with Gasteiger partial charge in [-0.2, -0.15) is 0 Å². The minimum absolute atomic E-state index is 0.127. The van der Waals surface area contributed by atoms with Crippen LogP contribution in [0.1, 0.15) is 46.0 Å². The largest absolute Gasteiger partial charge is 0.465 e. The van der Waals surface area contributed by atoms with Crippen LogP contribution in [0.4, 0.5) is 5.69 Å². The molecule has 1 aliphatic carbocycles. The molecule has 2 heterocycles. The fourth-order valence-corrected chi connectivity index (χ4v) is 3.77. The number of nitrogens with one attached hydrogen (secondary N) is 1. The molecule has 0 spiro atoms. The van der Waals surface area contributed by atoms with Crippen LogP contribution >= 0.6 is 11.6 Å². The first-order valence-electron chi connectivity index (χ1n) is 11.2. The molecule has 4 rings (SSSR count). The van der Waals surface area contributed by atoms with Gasteiger partial charge in [-0.25, -0.2) is 9.78 Å². The van der Waals surface area contributed by atoms with Gasteiger partial charge in [0, 0.05) is 38.0 Å². The Morgan fingerprint density at radius 2 is 1.89 bits per heavy atom. The third-order valence-electron chi connectivity index (χ3n) is 5.77. The van der Waals surface area contributed by atoms with Gasteiger partial charge in [0.05, 0.1) is 29.6 Å². The summed E-state index contributed by atoms with van der Waals surface area (Å²) < 4.78 is 4.98. The van der Waals surface area contributed by atoms with E-state index in [0.29, 0.717) is 52.2 Å². The third kappa shape index (κ3) is 6.02. The van der Waals surface area contributed by atoms with Crippen molar-refractivity contribution in [1.82, 2.24) is 15.3 Å². The van der Waals surface area contributed by atoms with Crippen molar-refractivity contribution in [3.63, 3.8) is 0 Å². The summed E-state index contributed by atoms with van der Waals surface area (Å²) in [7, 11) is 1.31. The van der Waals surface area contributed by atoms with Gasteiger partial charge in [0.1, 0.15) is 5.15 Å². The Hall–Kier alpha value is -3.78. The van der Waals surface area contributed by atoms with Gasteiger partial charge in [-0.1, -0.05) is 23.7 Å². The standard InChI is InChI=1S/C26H25ClN4O4/c1-16(32)31(15-17-3-4-17)23-9-7-19(11-21(23)26(34)35-2)22-8-6-20(14-28-22)25(33)30-13-18-5-10-24(27)29-12-18/h5-12,14,17H,3-4,13,15H2,1-2H3,(H,30,33). The van der Waals surface area contributed by atoms with Crippen molar-refractivity contribution < 1.29 is 19.1 Å². The maximum Gasteiger partial charge on any atom is 0.340 e. The molecule has 1 saturated carbocycles. The van der Waals surface area contributed by atoms with Crippen molar-refractivity contribution in [2.75, 3.05) is 18.6 Å². The lowest BCUT2D eigenvalue weighted by molar-refractivity contribution is -0.116. The summed E-state index contributed by atoms with van der Waals surface area (Å²) in [6, 6.07) is 12.0. The van der Waals surface area contributed by atoms with Crippen LogP contribution in [0.25, 0.3) is 11.3 Å². The Kier molecular flexibility index (Phi) is 7.41. The highest BCUT2D eigenvalue weighted by Crippen LogP contribution is 2.34. The zero-order valence-corrected chi connectivity index (χ0v) is 20.2. The SMILES string of the molecule is COC(=O)c1cc(-c2ccc(C(=O)NCc3ccc(Cl)nc3)cn2)ccc1N(CC1CC1)C(C)=O. The number of pyridine rings is 2. The minimum atomic E-state index is -0.531. The molecule has 2 amide bonds. The second kappa shape index (κ2) is 10.7. The van der Waals surface area contributed by atoms with E-state index in [9.17, 15) is 14.4 Å². The quantitative estimate of drug-likeness (QED) is 0.372. The molecule has 35 heavy (non-hydrogen) atoms. The molecule has 180 valence electrons. The molecular weight excluding hydrogens is 468 g/mol. The number of benzene rings is 1. The number of carbonyl (C=O) groups excluding carboxylic acids is 3. The van der Waals surface area contributed by atoms with E-state index >= 15 is 0 Å². The summed E-state index contributed by atoms with van der Waals surface area (Å²) in [6.07, 6.45) is 5.24. The molecule has 1 N–H and O–H groups in total. The first-order valence-corrected chi connectivity index (χ1v) is 11.6. The number of carbonyl (C=O) groups is 3. The van der Waals surface area contributed by atoms with Gasteiger partial charge >= 0.3 is 5.97 Å². The van der Waals surface area contributed by atoms with Crippen LogP contribution in [0.3, 0.4) is 0 Å². The van der Waals surface area contributed by atoms with Gasteiger partial charge < -0.3 is 15.0 Å². The Morgan fingerprint density at radius 3 is 2.49 bits per heavy atom. The Bertz CT molecular complexity index is 1240. The van der Waals surface area contributed by atoms with Crippen LogP contribution in [-0.4, -0.2) is 41.4 Å². The van der Waals surface area contributed by atoms with Crippen LogP contribution in [-0.2, 0) is 16.1 Å². The monoisotopic (exact) mass is 492 g/mol.